The summed E-state index contributed by atoms with van der Waals surface area (Å²) >= 11 is 1.02. The van der Waals surface area contributed by atoms with Crippen LogP contribution < -0.4 is 5.32 Å². The maximum atomic E-state index is 11.0. The fourth-order valence-electron chi connectivity index (χ4n) is 1.08. The van der Waals surface area contributed by atoms with Gasteiger partial charge in [-0.3, -0.25) is 0 Å². The molecule has 0 saturated carbocycles. The van der Waals surface area contributed by atoms with Gasteiger partial charge in [0.05, 0.1) is 29.4 Å². The number of rotatable bonds is 4. The van der Waals surface area contributed by atoms with Gasteiger partial charge in [-0.25, -0.2) is 4.79 Å². The van der Waals surface area contributed by atoms with Crippen molar-refractivity contribution in [2.24, 2.45) is 0 Å². The van der Waals surface area contributed by atoms with Gasteiger partial charge in [0.15, 0.2) is 0 Å². The predicted molar refractivity (Wildman–Crippen MR) is 62.6 cm³/mol. The van der Waals surface area contributed by atoms with E-state index in [0.29, 0.717) is 17.9 Å². The molecule has 1 aromatic rings. The van der Waals surface area contributed by atoms with Crippen molar-refractivity contribution >= 4 is 18.1 Å². The number of amides is 1. The minimum absolute atomic E-state index is 0.457. The molecule has 1 N–H and O–H groups in total. The molecule has 0 atom stereocenters. The van der Waals surface area contributed by atoms with Gasteiger partial charge in [0.2, 0.25) is 0 Å². The zero-order valence-electron chi connectivity index (χ0n) is 8.90. The van der Waals surface area contributed by atoms with Gasteiger partial charge in [-0.15, -0.1) is 0 Å². The molecule has 0 unspecified atom stereocenters. The van der Waals surface area contributed by atoms with Crippen molar-refractivity contribution in [1.82, 2.24) is 5.32 Å². The van der Waals surface area contributed by atoms with Crippen molar-refractivity contribution in [3.8, 4) is 6.07 Å². The topological polar surface area (TPSA) is 62.1 Å². The Bertz CT molecular complexity index is 401. The largest absolute Gasteiger partial charge is 0.419 e. The standard InChI is InChI=1S/C11H12N2O2S/c1-2-13-11(14)15-16-8-10-6-4-3-5-9(10)7-12/h3-6H,2,8H2,1H3,(H,13,14). The van der Waals surface area contributed by atoms with E-state index < -0.39 is 6.09 Å². The van der Waals surface area contributed by atoms with E-state index >= 15 is 0 Å². The van der Waals surface area contributed by atoms with Crippen molar-refractivity contribution in [2.45, 2.75) is 12.7 Å². The van der Waals surface area contributed by atoms with Gasteiger partial charge in [-0.1, -0.05) is 18.2 Å². The van der Waals surface area contributed by atoms with Crippen molar-refractivity contribution in [2.75, 3.05) is 6.54 Å². The van der Waals surface area contributed by atoms with Crippen LogP contribution in [0.5, 0.6) is 0 Å². The molecule has 1 amide bonds. The minimum Gasteiger partial charge on any atom is -0.375 e. The molecule has 0 spiro atoms. The Morgan fingerprint density at radius 2 is 2.31 bits per heavy atom. The highest BCUT2D eigenvalue weighted by Gasteiger charge is 2.04. The SMILES string of the molecule is CCNC(=O)OSCc1ccccc1C#N. The molecule has 0 aromatic heterocycles. The second-order valence-electron chi connectivity index (χ2n) is 2.93. The number of carbonyl (C=O) groups excluding carboxylic acids is 1. The lowest BCUT2D eigenvalue weighted by atomic mass is 10.1. The van der Waals surface area contributed by atoms with Crippen LogP contribution in [0.3, 0.4) is 0 Å². The molecule has 16 heavy (non-hydrogen) atoms. The van der Waals surface area contributed by atoms with Crippen LogP contribution >= 0.6 is 12.0 Å². The molecular weight excluding hydrogens is 224 g/mol. The Morgan fingerprint density at radius 3 is 3.00 bits per heavy atom. The summed E-state index contributed by atoms with van der Waals surface area (Å²) in [7, 11) is 0. The molecule has 4 nitrogen and oxygen atoms in total. The third kappa shape index (κ3) is 3.83. The fourth-order valence-corrected chi connectivity index (χ4v) is 1.68. The molecule has 0 radical (unpaired) electrons. The van der Waals surface area contributed by atoms with Crippen LogP contribution in [0.2, 0.25) is 0 Å². The van der Waals surface area contributed by atoms with Crippen LogP contribution in [0.1, 0.15) is 18.1 Å². The summed E-state index contributed by atoms with van der Waals surface area (Å²) in [6, 6.07) is 9.32. The first kappa shape index (κ1) is 12.4. The molecule has 1 aromatic carbocycles. The van der Waals surface area contributed by atoms with Crippen molar-refractivity contribution in [3.63, 3.8) is 0 Å². The Balaban J connectivity index is 2.43. The van der Waals surface area contributed by atoms with Crippen molar-refractivity contribution in [3.05, 3.63) is 35.4 Å². The molecule has 1 rings (SSSR count). The number of nitrogens with one attached hydrogen (secondary N) is 1. The average Bonchev–Trinajstić information content (AvgIpc) is 2.30. The highest BCUT2D eigenvalue weighted by molar-refractivity contribution is 7.94. The summed E-state index contributed by atoms with van der Waals surface area (Å²) in [5.74, 6) is 0.473. The predicted octanol–water partition coefficient (Wildman–Crippen LogP) is 2.45. The molecule has 0 heterocycles. The van der Waals surface area contributed by atoms with Gasteiger partial charge in [0, 0.05) is 6.54 Å². The molecule has 0 aliphatic heterocycles. The molecule has 84 valence electrons. The summed E-state index contributed by atoms with van der Waals surface area (Å²) in [4.78, 5) is 11.0. The van der Waals surface area contributed by atoms with Crippen LogP contribution in [0.15, 0.2) is 24.3 Å². The Morgan fingerprint density at radius 1 is 1.56 bits per heavy atom. The highest BCUT2D eigenvalue weighted by Crippen LogP contribution is 2.16. The third-order valence-corrected chi connectivity index (χ3v) is 2.51. The van der Waals surface area contributed by atoms with E-state index in [0.717, 1.165) is 17.6 Å². The summed E-state index contributed by atoms with van der Waals surface area (Å²) in [5, 5.41) is 11.3. The molecule has 0 aliphatic carbocycles. The monoisotopic (exact) mass is 236 g/mol. The molecular formula is C11H12N2O2S. The Hall–Kier alpha value is -1.67. The summed E-state index contributed by atoms with van der Waals surface area (Å²) in [6.07, 6.45) is -0.457. The average molecular weight is 236 g/mol. The first-order valence-corrected chi connectivity index (χ1v) is 5.74. The van der Waals surface area contributed by atoms with E-state index in [1.165, 1.54) is 0 Å². The minimum atomic E-state index is -0.457. The maximum absolute atomic E-state index is 11.0. The first-order chi connectivity index (χ1) is 7.77. The molecule has 0 saturated heterocycles. The second-order valence-corrected chi connectivity index (χ2v) is 3.62. The Kier molecular flexibility index (Phi) is 5.23. The molecule has 0 fully saturated rings. The zero-order valence-corrected chi connectivity index (χ0v) is 9.71. The van der Waals surface area contributed by atoms with Gasteiger partial charge >= 0.3 is 6.09 Å². The van der Waals surface area contributed by atoms with Crippen LogP contribution in [0, 0.1) is 11.3 Å². The molecule has 5 heteroatoms. The van der Waals surface area contributed by atoms with Gasteiger partial charge < -0.3 is 9.50 Å². The number of nitriles is 1. The lowest BCUT2D eigenvalue weighted by Gasteiger charge is -2.04. The Labute approximate surface area is 98.8 Å². The lowest BCUT2D eigenvalue weighted by molar-refractivity contribution is 0.209. The second kappa shape index (κ2) is 6.75. The summed E-state index contributed by atoms with van der Waals surface area (Å²) in [5.41, 5.74) is 1.47. The van der Waals surface area contributed by atoms with Crippen molar-refractivity contribution in [1.29, 1.82) is 5.26 Å². The smallest absolute Gasteiger partial charge is 0.375 e. The van der Waals surface area contributed by atoms with E-state index in [4.69, 9.17) is 9.44 Å². The van der Waals surface area contributed by atoms with Crippen LogP contribution in [0.25, 0.3) is 0 Å². The highest BCUT2D eigenvalue weighted by atomic mass is 32.2. The van der Waals surface area contributed by atoms with Crippen LogP contribution in [-0.2, 0) is 9.94 Å². The first-order valence-electron chi connectivity index (χ1n) is 4.83. The third-order valence-electron chi connectivity index (χ3n) is 1.81. The van der Waals surface area contributed by atoms with Gasteiger partial charge in [-0.2, -0.15) is 5.26 Å². The summed E-state index contributed by atoms with van der Waals surface area (Å²) in [6.45, 7) is 2.35. The maximum Gasteiger partial charge on any atom is 0.419 e. The lowest BCUT2D eigenvalue weighted by Crippen LogP contribution is -2.21. The normalized spacial score (nSPS) is 9.25. The number of benzene rings is 1. The quantitative estimate of drug-likeness (QED) is 0.816. The number of carbonyl (C=O) groups is 1. The fraction of sp³-hybridized carbons (Fsp3) is 0.273. The number of hydrogen-bond donors (Lipinski definition) is 1. The van der Waals surface area contributed by atoms with E-state index in [1.807, 2.05) is 19.1 Å². The van der Waals surface area contributed by atoms with E-state index in [2.05, 4.69) is 11.4 Å². The molecule has 0 aliphatic rings. The van der Waals surface area contributed by atoms with E-state index in [-0.39, 0.29) is 0 Å². The van der Waals surface area contributed by atoms with E-state index in [1.54, 1.807) is 12.1 Å². The summed E-state index contributed by atoms with van der Waals surface area (Å²) < 4.78 is 4.84. The zero-order chi connectivity index (χ0) is 11.8. The number of nitrogens with zero attached hydrogens (tertiary/aromatic N) is 1. The van der Waals surface area contributed by atoms with Gasteiger partial charge in [0.25, 0.3) is 0 Å². The number of hydrogen-bond acceptors (Lipinski definition) is 4. The van der Waals surface area contributed by atoms with E-state index in [9.17, 15) is 4.79 Å². The van der Waals surface area contributed by atoms with Gasteiger partial charge in [0.1, 0.15) is 0 Å². The van der Waals surface area contributed by atoms with Crippen LogP contribution in [0.4, 0.5) is 4.79 Å². The van der Waals surface area contributed by atoms with Crippen LogP contribution in [-0.4, -0.2) is 12.6 Å². The van der Waals surface area contributed by atoms with Crippen molar-refractivity contribution < 1.29 is 8.98 Å². The molecule has 0 bridgehead atoms. The van der Waals surface area contributed by atoms with Gasteiger partial charge in [-0.05, 0) is 18.6 Å².